The molecule has 2 rings (SSSR count). The predicted molar refractivity (Wildman–Crippen MR) is 88.2 cm³/mol. The van der Waals surface area contributed by atoms with E-state index in [1.807, 2.05) is 0 Å². The first kappa shape index (κ1) is 16.8. The summed E-state index contributed by atoms with van der Waals surface area (Å²) in [6.45, 7) is 11.0. The largest absolute Gasteiger partial charge is 0.341 e. The van der Waals surface area contributed by atoms with Gasteiger partial charge in [0.05, 0.1) is 6.04 Å². The van der Waals surface area contributed by atoms with Gasteiger partial charge in [0.1, 0.15) is 0 Å². The number of carbonyl (C=O) groups is 1. The molecule has 1 aliphatic carbocycles. The number of nitrogens with zero attached hydrogens (tertiary/aromatic N) is 1. The summed E-state index contributed by atoms with van der Waals surface area (Å²) in [5.74, 6) is 0.996. The van der Waals surface area contributed by atoms with Crippen molar-refractivity contribution in [2.24, 2.45) is 11.3 Å². The highest BCUT2D eigenvalue weighted by Gasteiger charge is 2.35. The molecule has 3 nitrogen and oxygen atoms in total. The molecule has 1 saturated carbocycles. The molecule has 0 radical (unpaired) electrons. The summed E-state index contributed by atoms with van der Waals surface area (Å²) in [5, 5.41) is 3.68. The van der Waals surface area contributed by atoms with Crippen LogP contribution in [0.25, 0.3) is 0 Å². The summed E-state index contributed by atoms with van der Waals surface area (Å²) < 4.78 is 0. The summed E-state index contributed by atoms with van der Waals surface area (Å²) in [5.41, 5.74) is 0.325. The molecule has 1 N–H and O–H groups in total. The number of nitrogens with one attached hydrogen (secondary N) is 1. The van der Waals surface area contributed by atoms with Crippen LogP contribution in [0.15, 0.2) is 0 Å². The molecule has 1 saturated heterocycles. The van der Waals surface area contributed by atoms with E-state index < -0.39 is 0 Å². The monoisotopic (exact) mass is 294 g/mol. The predicted octanol–water partition coefficient (Wildman–Crippen LogP) is 3.58. The molecule has 3 unspecified atom stereocenters. The molecule has 0 aromatic rings. The van der Waals surface area contributed by atoms with Crippen molar-refractivity contribution in [2.75, 3.05) is 13.1 Å². The van der Waals surface area contributed by atoms with Gasteiger partial charge in [-0.3, -0.25) is 4.79 Å². The third kappa shape index (κ3) is 4.45. The normalized spacial score (nSPS) is 29.2. The zero-order valence-corrected chi connectivity index (χ0v) is 14.5. The SMILES string of the molecule is CC(NC1CCCCC1C(C)(C)C)C(=O)N1CCCCC1. The Morgan fingerprint density at radius 2 is 1.67 bits per heavy atom. The van der Waals surface area contributed by atoms with Crippen LogP contribution in [0.4, 0.5) is 0 Å². The van der Waals surface area contributed by atoms with E-state index in [4.69, 9.17) is 0 Å². The van der Waals surface area contributed by atoms with E-state index in [1.165, 1.54) is 44.9 Å². The molecule has 2 fully saturated rings. The lowest BCUT2D eigenvalue weighted by Gasteiger charge is -2.42. The molecule has 21 heavy (non-hydrogen) atoms. The molecule has 0 aromatic heterocycles. The minimum atomic E-state index is -0.0314. The number of hydrogen-bond acceptors (Lipinski definition) is 2. The van der Waals surface area contributed by atoms with Gasteiger partial charge in [-0.25, -0.2) is 0 Å². The van der Waals surface area contributed by atoms with E-state index in [1.54, 1.807) is 0 Å². The fourth-order valence-electron chi connectivity index (χ4n) is 4.15. The zero-order chi connectivity index (χ0) is 15.5. The first-order valence-corrected chi connectivity index (χ1v) is 8.94. The summed E-state index contributed by atoms with van der Waals surface area (Å²) in [6.07, 6.45) is 8.79. The quantitative estimate of drug-likeness (QED) is 0.863. The minimum absolute atomic E-state index is 0.0314. The molecule has 0 aromatic carbocycles. The first-order valence-electron chi connectivity index (χ1n) is 8.94. The third-order valence-corrected chi connectivity index (χ3v) is 5.38. The smallest absolute Gasteiger partial charge is 0.239 e. The Hall–Kier alpha value is -0.570. The van der Waals surface area contributed by atoms with Crippen molar-refractivity contribution >= 4 is 5.91 Å². The summed E-state index contributed by atoms with van der Waals surface area (Å²) in [6, 6.07) is 0.471. The van der Waals surface area contributed by atoms with E-state index >= 15 is 0 Å². The van der Waals surface area contributed by atoms with Gasteiger partial charge in [-0.1, -0.05) is 33.6 Å². The highest BCUT2D eigenvalue weighted by Crippen LogP contribution is 2.38. The Morgan fingerprint density at radius 1 is 1.05 bits per heavy atom. The number of carbonyl (C=O) groups excluding carboxylic acids is 1. The van der Waals surface area contributed by atoms with Gasteiger partial charge in [0.2, 0.25) is 5.91 Å². The molecular formula is C18H34N2O. The van der Waals surface area contributed by atoms with Crippen molar-refractivity contribution in [3.05, 3.63) is 0 Å². The molecule has 1 amide bonds. The van der Waals surface area contributed by atoms with Gasteiger partial charge in [-0.15, -0.1) is 0 Å². The zero-order valence-electron chi connectivity index (χ0n) is 14.5. The fourth-order valence-corrected chi connectivity index (χ4v) is 4.15. The van der Waals surface area contributed by atoms with Crippen LogP contribution in [-0.4, -0.2) is 36.0 Å². The van der Waals surface area contributed by atoms with Crippen LogP contribution in [0.3, 0.4) is 0 Å². The molecule has 0 spiro atoms. The molecule has 3 atom stereocenters. The van der Waals surface area contributed by atoms with E-state index in [-0.39, 0.29) is 6.04 Å². The Labute approximate surface area is 130 Å². The second kappa shape index (κ2) is 7.13. The Balaban J connectivity index is 1.93. The Bertz CT molecular complexity index is 342. The number of hydrogen-bond donors (Lipinski definition) is 1. The van der Waals surface area contributed by atoms with Gasteiger partial charge in [0.15, 0.2) is 0 Å². The van der Waals surface area contributed by atoms with Gasteiger partial charge in [-0.05, 0) is 50.4 Å². The van der Waals surface area contributed by atoms with E-state index in [0.29, 0.717) is 23.3 Å². The van der Waals surface area contributed by atoms with Crippen LogP contribution in [-0.2, 0) is 4.79 Å². The molecule has 1 heterocycles. The van der Waals surface area contributed by atoms with Crippen molar-refractivity contribution < 1.29 is 4.79 Å². The van der Waals surface area contributed by atoms with Crippen LogP contribution in [0.5, 0.6) is 0 Å². The van der Waals surface area contributed by atoms with Crippen LogP contribution >= 0.6 is 0 Å². The minimum Gasteiger partial charge on any atom is -0.341 e. The highest BCUT2D eigenvalue weighted by atomic mass is 16.2. The highest BCUT2D eigenvalue weighted by molar-refractivity contribution is 5.81. The summed E-state index contributed by atoms with van der Waals surface area (Å²) in [4.78, 5) is 14.7. The van der Waals surface area contributed by atoms with E-state index in [2.05, 4.69) is 37.9 Å². The van der Waals surface area contributed by atoms with Crippen LogP contribution < -0.4 is 5.32 Å². The van der Waals surface area contributed by atoms with Crippen molar-refractivity contribution in [3.63, 3.8) is 0 Å². The topological polar surface area (TPSA) is 32.3 Å². The van der Waals surface area contributed by atoms with Crippen LogP contribution in [0.2, 0.25) is 0 Å². The lowest BCUT2D eigenvalue weighted by molar-refractivity contribution is -0.134. The van der Waals surface area contributed by atoms with Crippen LogP contribution in [0.1, 0.15) is 72.6 Å². The Kier molecular flexibility index (Phi) is 5.70. The maximum atomic E-state index is 12.6. The second-order valence-electron chi connectivity index (χ2n) is 8.14. The summed E-state index contributed by atoms with van der Waals surface area (Å²) >= 11 is 0. The maximum absolute atomic E-state index is 12.6. The average molecular weight is 294 g/mol. The molecule has 122 valence electrons. The van der Waals surface area contributed by atoms with Crippen molar-refractivity contribution in [2.45, 2.75) is 84.7 Å². The molecular weight excluding hydrogens is 260 g/mol. The van der Waals surface area contributed by atoms with Gasteiger partial charge >= 0.3 is 0 Å². The lowest BCUT2D eigenvalue weighted by Crippen LogP contribution is -2.53. The van der Waals surface area contributed by atoms with Crippen LogP contribution in [0, 0.1) is 11.3 Å². The standard InChI is InChI=1S/C18H34N2O/c1-14(17(21)20-12-8-5-9-13-20)19-16-11-7-6-10-15(16)18(2,3)4/h14-16,19H,5-13H2,1-4H3. The van der Waals surface area contributed by atoms with Gasteiger partial charge in [-0.2, -0.15) is 0 Å². The van der Waals surface area contributed by atoms with Crippen molar-refractivity contribution in [3.8, 4) is 0 Å². The average Bonchev–Trinajstić information content (AvgIpc) is 2.47. The summed E-state index contributed by atoms with van der Waals surface area (Å²) in [7, 11) is 0. The maximum Gasteiger partial charge on any atom is 0.239 e. The first-order chi connectivity index (χ1) is 9.89. The fraction of sp³-hybridized carbons (Fsp3) is 0.944. The molecule has 0 bridgehead atoms. The van der Waals surface area contributed by atoms with Gasteiger partial charge < -0.3 is 10.2 Å². The van der Waals surface area contributed by atoms with E-state index in [0.717, 1.165) is 13.1 Å². The number of likely N-dealkylation sites (tertiary alicyclic amines) is 1. The lowest BCUT2D eigenvalue weighted by atomic mass is 9.69. The number of piperidine rings is 1. The number of amides is 1. The van der Waals surface area contributed by atoms with Crippen molar-refractivity contribution in [1.29, 1.82) is 0 Å². The Morgan fingerprint density at radius 3 is 2.29 bits per heavy atom. The van der Waals surface area contributed by atoms with E-state index in [9.17, 15) is 4.79 Å². The second-order valence-corrected chi connectivity index (χ2v) is 8.14. The van der Waals surface area contributed by atoms with Gasteiger partial charge in [0.25, 0.3) is 0 Å². The molecule has 2 aliphatic rings. The molecule has 3 heteroatoms. The van der Waals surface area contributed by atoms with Crippen molar-refractivity contribution in [1.82, 2.24) is 10.2 Å². The van der Waals surface area contributed by atoms with Gasteiger partial charge in [0, 0.05) is 19.1 Å². The number of rotatable bonds is 3. The molecule has 1 aliphatic heterocycles. The third-order valence-electron chi connectivity index (χ3n) is 5.38.